The van der Waals surface area contributed by atoms with Crippen molar-refractivity contribution in [3.63, 3.8) is 0 Å². The third-order valence-electron chi connectivity index (χ3n) is 1.10. The molecule has 0 aromatic rings. The molecular weight excluding hydrogens is 116 g/mol. The minimum absolute atomic E-state index is 0.646. The molecule has 2 heterocycles. The van der Waals surface area contributed by atoms with E-state index in [4.69, 9.17) is 0 Å². The molecule has 0 aromatic carbocycles. The van der Waals surface area contributed by atoms with Crippen LogP contribution in [0.4, 0.5) is 0 Å². The number of nitrogens with zero attached hydrogens (tertiary/aromatic N) is 4. The molecule has 0 aliphatic carbocycles. The lowest BCUT2D eigenvalue weighted by molar-refractivity contribution is 1.56. The number of rotatable bonds is 0. The van der Waals surface area contributed by atoms with Crippen molar-refractivity contribution in [2.45, 2.75) is 6.92 Å². The van der Waals surface area contributed by atoms with Crippen molar-refractivity contribution in [1.29, 1.82) is 0 Å². The van der Waals surface area contributed by atoms with Gasteiger partial charge in [-0.1, -0.05) is 0 Å². The first kappa shape index (κ1) is 4.55. The topological polar surface area (TPSA) is 49.4 Å². The normalized spacial score (nSPS) is 21.2. The van der Waals surface area contributed by atoms with Gasteiger partial charge in [-0.2, -0.15) is 0 Å². The summed E-state index contributed by atoms with van der Waals surface area (Å²) in [5.41, 5.74) is 0. The van der Waals surface area contributed by atoms with Crippen LogP contribution in [0.25, 0.3) is 0 Å². The van der Waals surface area contributed by atoms with Gasteiger partial charge in [-0.05, 0) is 6.92 Å². The van der Waals surface area contributed by atoms with Crippen LogP contribution in [0, 0.1) is 0 Å². The fraction of sp³-hybridized carbons (Fsp3) is 0.200. The molecule has 9 heavy (non-hydrogen) atoms. The summed E-state index contributed by atoms with van der Waals surface area (Å²) >= 11 is 0. The molecule has 0 unspecified atom stereocenters. The van der Waals surface area contributed by atoms with Crippen LogP contribution in [0.5, 0.6) is 0 Å². The van der Waals surface area contributed by atoms with Crippen molar-refractivity contribution < 1.29 is 0 Å². The first-order chi connectivity index (χ1) is 4.36. The van der Waals surface area contributed by atoms with Crippen LogP contribution >= 0.6 is 0 Å². The van der Waals surface area contributed by atoms with Gasteiger partial charge in [0.05, 0.1) is 0 Å². The zero-order valence-electron chi connectivity index (χ0n) is 4.87. The predicted octanol–water partition coefficient (Wildman–Crippen LogP) is 0.257. The molecule has 2 aliphatic heterocycles. The predicted molar refractivity (Wildman–Crippen MR) is 36.5 cm³/mol. The summed E-state index contributed by atoms with van der Waals surface area (Å²) < 4.78 is 0. The molecule has 0 atom stereocenters. The van der Waals surface area contributed by atoms with Crippen LogP contribution in [-0.2, 0) is 0 Å². The summed E-state index contributed by atoms with van der Waals surface area (Å²) in [7, 11) is 0. The highest BCUT2D eigenvalue weighted by Gasteiger charge is 2.16. The van der Waals surface area contributed by atoms with Crippen molar-refractivity contribution in [2.24, 2.45) is 20.0 Å². The molecule has 44 valence electrons. The summed E-state index contributed by atoms with van der Waals surface area (Å²) in [6.45, 7) is 1.82. The highest BCUT2D eigenvalue weighted by Crippen LogP contribution is 2.04. The third-order valence-corrected chi connectivity index (χ3v) is 1.10. The third kappa shape index (κ3) is 0.526. The SMILES string of the molecule is CC1=NC2=NC=NC2=N1. The van der Waals surface area contributed by atoms with Crippen LogP contribution < -0.4 is 0 Å². The maximum atomic E-state index is 3.99. The van der Waals surface area contributed by atoms with Crippen molar-refractivity contribution in [1.82, 2.24) is 0 Å². The summed E-state index contributed by atoms with van der Waals surface area (Å²) in [5.74, 6) is 2.03. The number of hydrogen-bond acceptors (Lipinski definition) is 4. The van der Waals surface area contributed by atoms with Gasteiger partial charge >= 0.3 is 0 Å². The number of aliphatic imine (C=N–C) groups is 4. The zero-order valence-corrected chi connectivity index (χ0v) is 4.87. The largest absolute Gasteiger partial charge is 0.213 e. The van der Waals surface area contributed by atoms with Crippen molar-refractivity contribution in [2.75, 3.05) is 0 Å². The molecule has 0 amide bonds. The molecule has 0 bridgehead atoms. The molecule has 0 aromatic heterocycles. The summed E-state index contributed by atoms with van der Waals surface area (Å²) in [6.07, 6.45) is 1.46. The van der Waals surface area contributed by atoms with Crippen LogP contribution in [0.1, 0.15) is 6.92 Å². The van der Waals surface area contributed by atoms with Gasteiger partial charge in [-0.25, -0.2) is 20.0 Å². The van der Waals surface area contributed by atoms with E-state index in [2.05, 4.69) is 20.0 Å². The van der Waals surface area contributed by atoms with Crippen molar-refractivity contribution >= 4 is 23.8 Å². The van der Waals surface area contributed by atoms with E-state index in [0.717, 1.165) is 5.84 Å². The highest BCUT2D eigenvalue weighted by molar-refractivity contribution is 6.50. The van der Waals surface area contributed by atoms with E-state index in [9.17, 15) is 0 Å². The Morgan fingerprint density at radius 3 is 2.89 bits per heavy atom. The molecule has 0 fully saturated rings. The smallest absolute Gasteiger partial charge is 0.201 e. The lowest BCUT2D eigenvalue weighted by Gasteiger charge is -1.76. The molecule has 0 spiro atoms. The van der Waals surface area contributed by atoms with Gasteiger partial charge in [-0.3, -0.25) is 0 Å². The highest BCUT2D eigenvalue weighted by atomic mass is 15.2. The monoisotopic (exact) mass is 120 g/mol. The maximum Gasteiger partial charge on any atom is 0.201 e. The van der Waals surface area contributed by atoms with E-state index in [-0.39, 0.29) is 0 Å². The van der Waals surface area contributed by atoms with Gasteiger partial charge < -0.3 is 0 Å². The number of hydrogen-bond donors (Lipinski definition) is 0. The Kier molecular flexibility index (Phi) is 0.677. The van der Waals surface area contributed by atoms with Gasteiger partial charge in [0.2, 0.25) is 11.7 Å². The van der Waals surface area contributed by atoms with Crippen molar-refractivity contribution in [3.8, 4) is 0 Å². The second kappa shape index (κ2) is 1.34. The fourth-order valence-corrected chi connectivity index (χ4v) is 0.743. The summed E-state index contributed by atoms with van der Waals surface area (Å²) in [4.78, 5) is 15.7. The van der Waals surface area contributed by atoms with Gasteiger partial charge in [0.1, 0.15) is 12.2 Å². The minimum Gasteiger partial charge on any atom is -0.213 e. The molecule has 4 nitrogen and oxygen atoms in total. The Labute approximate surface area is 51.8 Å². The average molecular weight is 120 g/mol. The first-order valence-corrected chi connectivity index (χ1v) is 2.61. The first-order valence-electron chi connectivity index (χ1n) is 2.61. The molecule has 0 saturated heterocycles. The zero-order chi connectivity index (χ0) is 6.27. The molecule has 0 N–H and O–H groups in total. The van der Waals surface area contributed by atoms with Gasteiger partial charge in [0.25, 0.3) is 0 Å². The van der Waals surface area contributed by atoms with Crippen LogP contribution in [0.3, 0.4) is 0 Å². The average Bonchev–Trinajstić information content (AvgIpc) is 2.22. The Bertz CT molecular complexity index is 269. The Morgan fingerprint density at radius 2 is 2.11 bits per heavy atom. The van der Waals surface area contributed by atoms with Gasteiger partial charge in [0, 0.05) is 0 Å². The standard InChI is InChI=1S/C5H4N4/c1-3-8-4-5(9-3)7-2-6-4/h2H,1H3. The van der Waals surface area contributed by atoms with E-state index < -0.39 is 0 Å². The van der Waals surface area contributed by atoms with Crippen LogP contribution in [0.2, 0.25) is 0 Å². The second-order valence-corrected chi connectivity index (χ2v) is 1.79. The lowest BCUT2D eigenvalue weighted by atomic mass is 10.6. The van der Waals surface area contributed by atoms with Crippen molar-refractivity contribution in [3.05, 3.63) is 0 Å². The summed E-state index contributed by atoms with van der Waals surface area (Å²) in [6, 6.07) is 0. The molecule has 2 aliphatic rings. The van der Waals surface area contributed by atoms with E-state index in [1.807, 2.05) is 6.92 Å². The second-order valence-electron chi connectivity index (χ2n) is 1.79. The van der Waals surface area contributed by atoms with Gasteiger partial charge in [0.15, 0.2) is 0 Å². The van der Waals surface area contributed by atoms with E-state index >= 15 is 0 Å². The van der Waals surface area contributed by atoms with E-state index in [1.54, 1.807) is 0 Å². The Hall–Kier alpha value is -1.32. The van der Waals surface area contributed by atoms with E-state index in [0.29, 0.717) is 11.7 Å². The Balaban J connectivity index is 2.53. The minimum atomic E-state index is 0.646. The Morgan fingerprint density at radius 1 is 1.22 bits per heavy atom. The van der Waals surface area contributed by atoms with Crippen LogP contribution in [0.15, 0.2) is 20.0 Å². The molecule has 4 heteroatoms. The molecular formula is C5H4N4. The molecule has 0 saturated carbocycles. The van der Waals surface area contributed by atoms with E-state index in [1.165, 1.54) is 6.34 Å². The molecule has 2 rings (SSSR count). The maximum absolute atomic E-state index is 3.99. The van der Waals surface area contributed by atoms with Gasteiger partial charge in [-0.15, -0.1) is 0 Å². The summed E-state index contributed by atoms with van der Waals surface area (Å²) in [5, 5.41) is 0. The molecule has 0 radical (unpaired) electrons. The lowest BCUT2D eigenvalue weighted by Crippen LogP contribution is -1.97. The quantitative estimate of drug-likeness (QED) is 0.440. The fourth-order valence-electron chi connectivity index (χ4n) is 0.743. The number of fused-ring (bicyclic) bond motifs is 1. The van der Waals surface area contributed by atoms with Crippen LogP contribution in [-0.4, -0.2) is 23.8 Å². The number of amidine groups is 3.